The van der Waals surface area contributed by atoms with E-state index in [4.69, 9.17) is 4.74 Å². The topological polar surface area (TPSA) is 103 Å². The molecule has 1 saturated heterocycles. The van der Waals surface area contributed by atoms with Crippen LogP contribution in [0, 0.1) is 11.0 Å². The summed E-state index contributed by atoms with van der Waals surface area (Å²) in [5.41, 5.74) is 1.33. The van der Waals surface area contributed by atoms with Crippen molar-refractivity contribution in [2.75, 3.05) is 18.0 Å². The van der Waals surface area contributed by atoms with E-state index in [0.29, 0.717) is 22.2 Å². The number of pyridine rings is 1. The zero-order chi connectivity index (χ0) is 22.7. The van der Waals surface area contributed by atoms with Crippen LogP contribution in [-0.4, -0.2) is 40.7 Å². The van der Waals surface area contributed by atoms with E-state index in [1.54, 1.807) is 41.1 Å². The predicted octanol–water partition coefficient (Wildman–Crippen LogP) is 2.40. The summed E-state index contributed by atoms with van der Waals surface area (Å²) < 4.78 is 22.4. The first kappa shape index (κ1) is 21.6. The molecule has 0 aliphatic carbocycles. The number of imidazole rings is 1. The number of hydrogen-bond acceptors (Lipinski definition) is 6. The molecule has 166 valence electrons. The highest BCUT2D eigenvalue weighted by Crippen LogP contribution is 2.26. The summed E-state index contributed by atoms with van der Waals surface area (Å²) in [5.74, 6) is -0.296. The third kappa shape index (κ3) is 4.83. The van der Waals surface area contributed by atoms with Gasteiger partial charge in [0.25, 0.3) is 5.03 Å². The lowest BCUT2D eigenvalue weighted by atomic mass is 10.2. The largest absolute Gasteiger partial charge is 0.618 e. The van der Waals surface area contributed by atoms with E-state index in [2.05, 4.69) is 10.3 Å². The van der Waals surface area contributed by atoms with Gasteiger partial charge in [0, 0.05) is 31.0 Å². The van der Waals surface area contributed by atoms with Gasteiger partial charge in [-0.1, -0.05) is 0 Å². The number of hydrogen-bond donors (Lipinski definition) is 1. The van der Waals surface area contributed by atoms with E-state index < -0.39 is 18.0 Å². The molecule has 1 aliphatic heterocycles. The number of anilines is 1. The van der Waals surface area contributed by atoms with Crippen molar-refractivity contribution in [3.63, 3.8) is 0 Å². The maximum Gasteiger partial charge on any atom is 0.414 e. The first-order valence-electron chi connectivity index (χ1n) is 9.77. The number of halogens is 1. The fourth-order valence-electron chi connectivity index (χ4n) is 3.21. The zero-order valence-electron chi connectivity index (χ0n) is 17.1. The number of nitrogens with one attached hydrogen (secondary N) is 1. The number of aromatic nitrogens is 3. The summed E-state index contributed by atoms with van der Waals surface area (Å²) in [6.07, 6.45) is 3.52. The quantitative estimate of drug-likeness (QED) is 0.332. The van der Waals surface area contributed by atoms with Gasteiger partial charge in [0.2, 0.25) is 5.91 Å². The Balaban J connectivity index is 1.43. The summed E-state index contributed by atoms with van der Waals surface area (Å²) >= 11 is 1.33. The van der Waals surface area contributed by atoms with E-state index in [9.17, 15) is 19.2 Å². The van der Waals surface area contributed by atoms with E-state index in [1.165, 1.54) is 42.2 Å². The molecule has 0 saturated carbocycles. The Labute approximate surface area is 187 Å². The predicted molar refractivity (Wildman–Crippen MR) is 115 cm³/mol. The molecule has 9 nitrogen and oxygen atoms in total. The van der Waals surface area contributed by atoms with Crippen molar-refractivity contribution in [2.24, 2.45) is 0 Å². The Kier molecular flexibility index (Phi) is 6.26. The monoisotopic (exact) mass is 457 g/mol. The van der Waals surface area contributed by atoms with Crippen LogP contribution in [0.5, 0.6) is 0 Å². The Morgan fingerprint density at radius 1 is 1.41 bits per heavy atom. The van der Waals surface area contributed by atoms with Crippen LogP contribution in [0.1, 0.15) is 12.6 Å². The number of amides is 2. The van der Waals surface area contributed by atoms with Gasteiger partial charge in [0.15, 0.2) is 6.20 Å². The highest BCUT2D eigenvalue weighted by Gasteiger charge is 2.32. The van der Waals surface area contributed by atoms with Gasteiger partial charge in [0.05, 0.1) is 36.5 Å². The Bertz CT molecular complexity index is 1150. The summed E-state index contributed by atoms with van der Waals surface area (Å²) in [4.78, 5) is 28.8. The first-order valence-corrected chi connectivity index (χ1v) is 10.8. The highest BCUT2D eigenvalue weighted by molar-refractivity contribution is 7.98. The average Bonchev–Trinajstić information content (AvgIpc) is 3.38. The van der Waals surface area contributed by atoms with Gasteiger partial charge in [0.1, 0.15) is 11.9 Å². The van der Waals surface area contributed by atoms with Gasteiger partial charge in [-0.15, -0.1) is 0 Å². The van der Waals surface area contributed by atoms with Gasteiger partial charge in [-0.05, 0) is 36.0 Å². The van der Waals surface area contributed by atoms with Crippen LogP contribution < -0.4 is 14.9 Å². The summed E-state index contributed by atoms with van der Waals surface area (Å²) in [6, 6.07) is 9.60. The third-order valence-corrected chi connectivity index (χ3v) is 5.82. The molecule has 1 fully saturated rings. The number of carbonyl (C=O) groups excluding carboxylic acids is 2. The lowest BCUT2D eigenvalue weighted by molar-refractivity contribution is -0.645. The smallest absolute Gasteiger partial charge is 0.414 e. The van der Waals surface area contributed by atoms with Crippen LogP contribution in [0.25, 0.3) is 5.69 Å². The van der Waals surface area contributed by atoms with Crippen molar-refractivity contribution in [1.29, 1.82) is 0 Å². The number of rotatable bonds is 7. The fourth-order valence-corrected chi connectivity index (χ4v) is 4.02. The van der Waals surface area contributed by atoms with Crippen molar-refractivity contribution in [1.82, 2.24) is 14.9 Å². The third-order valence-electron chi connectivity index (χ3n) is 4.77. The van der Waals surface area contributed by atoms with E-state index in [1.807, 2.05) is 0 Å². The number of nitrogens with zero attached hydrogens (tertiary/aromatic N) is 4. The van der Waals surface area contributed by atoms with E-state index in [0.717, 1.165) is 4.73 Å². The number of cyclic esters (lactones) is 1. The number of thioether (sulfide) groups is 1. The number of benzene rings is 1. The Morgan fingerprint density at radius 3 is 3.00 bits per heavy atom. The Hall–Kier alpha value is -3.60. The molecular formula is C21H20FN5O4S. The molecule has 1 aromatic carbocycles. The molecule has 32 heavy (non-hydrogen) atoms. The average molecular weight is 457 g/mol. The van der Waals surface area contributed by atoms with Crippen molar-refractivity contribution in [3.05, 3.63) is 71.8 Å². The molecule has 11 heteroatoms. The second kappa shape index (κ2) is 9.27. The minimum atomic E-state index is -0.592. The fraction of sp³-hybridized carbons (Fsp3) is 0.238. The minimum Gasteiger partial charge on any atom is -0.618 e. The molecule has 4 rings (SSSR count). The molecule has 0 bridgehead atoms. The molecule has 0 radical (unpaired) electrons. The van der Waals surface area contributed by atoms with Crippen LogP contribution in [0.4, 0.5) is 14.9 Å². The van der Waals surface area contributed by atoms with Crippen molar-refractivity contribution < 1.29 is 23.4 Å². The zero-order valence-corrected chi connectivity index (χ0v) is 17.9. The normalized spacial score (nSPS) is 15.6. The summed E-state index contributed by atoms with van der Waals surface area (Å²) in [5, 5.41) is 14.9. The first-order chi connectivity index (χ1) is 15.4. The summed E-state index contributed by atoms with van der Waals surface area (Å²) in [7, 11) is 0. The van der Waals surface area contributed by atoms with Gasteiger partial charge < -0.3 is 19.8 Å². The maximum atomic E-state index is 14.8. The van der Waals surface area contributed by atoms with Crippen LogP contribution in [0.3, 0.4) is 0 Å². The molecule has 1 atom stereocenters. The second-order valence-electron chi connectivity index (χ2n) is 7.11. The molecule has 1 aliphatic rings. The van der Waals surface area contributed by atoms with Crippen LogP contribution in [-0.2, 0) is 15.3 Å². The van der Waals surface area contributed by atoms with Crippen molar-refractivity contribution in [3.8, 4) is 5.69 Å². The van der Waals surface area contributed by atoms with Crippen molar-refractivity contribution >= 4 is 29.4 Å². The van der Waals surface area contributed by atoms with E-state index in [-0.39, 0.29) is 24.7 Å². The van der Waals surface area contributed by atoms with Gasteiger partial charge in [-0.25, -0.2) is 14.2 Å². The van der Waals surface area contributed by atoms with Crippen LogP contribution >= 0.6 is 11.8 Å². The maximum absolute atomic E-state index is 14.8. The molecule has 2 aromatic heterocycles. The van der Waals surface area contributed by atoms with E-state index >= 15 is 0 Å². The molecule has 3 aromatic rings. The highest BCUT2D eigenvalue weighted by atomic mass is 32.2. The van der Waals surface area contributed by atoms with Crippen LogP contribution in [0.2, 0.25) is 0 Å². The molecular weight excluding hydrogens is 437 g/mol. The number of ether oxygens (including phenoxy) is 1. The second-order valence-corrected chi connectivity index (χ2v) is 8.11. The van der Waals surface area contributed by atoms with Gasteiger partial charge in [-0.3, -0.25) is 9.69 Å². The standard InChI is InChI=1S/C21H20FN5O4S/c1-14(28)23-9-17-11-26(21(29)31-17)16-5-6-19(18(22)8-16)25-10-15(24-13-25)12-32-20-4-2-3-7-27(20)30/h2-8,10,13,17H,9,11-12H2,1H3,(H,23,28)/t17-/m0/s1. The lowest BCUT2D eigenvalue weighted by Crippen LogP contribution is -2.33. The summed E-state index contributed by atoms with van der Waals surface area (Å²) in [6.45, 7) is 1.79. The molecule has 3 heterocycles. The SMILES string of the molecule is CC(=O)NC[C@H]1CN(c2ccc(-n3cnc(CSc4cccc[n+]4[O-])c3)c(F)c2)C(=O)O1. The Morgan fingerprint density at radius 2 is 2.25 bits per heavy atom. The van der Waals surface area contributed by atoms with Gasteiger partial charge in [-0.2, -0.15) is 4.73 Å². The van der Waals surface area contributed by atoms with Crippen LogP contribution in [0.15, 0.2) is 60.1 Å². The number of carbonyl (C=O) groups is 2. The molecule has 0 spiro atoms. The molecule has 1 N–H and O–H groups in total. The van der Waals surface area contributed by atoms with Gasteiger partial charge >= 0.3 is 6.09 Å². The minimum absolute atomic E-state index is 0.198. The van der Waals surface area contributed by atoms with Crippen molar-refractivity contribution in [2.45, 2.75) is 23.8 Å². The lowest BCUT2D eigenvalue weighted by Gasteiger charge is -2.14. The molecule has 0 unspecified atom stereocenters. The molecule has 2 amide bonds.